The first-order chi connectivity index (χ1) is 9.59. The molecule has 1 saturated heterocycles. The van der Waals surface area contributed by atoms with Crippen molar-refractivity contribution in [2.24, 2.45) is 0 Å². The van der Waals surface area contributed by atoms with Gasteiger partial charge in [0.15, 0.2) is 0 Å². The molecule has 0 saturated carbocycles. The number of carbonyl (C=O) groups is 1. The summed E-state index contributed by atoms with van der Waals surface area (Å²) in [5, 5.41) is 0.768. The van der Waals surface area contributed by atoms with Gasteiger partial charge in [-0.25, -0.2) is 0 Å². The summed E-state index contributed by atoms with van der Waals surface area (Å²) in [5.41, 5.74) is 0. The van der Waals surface area contributed by atoms with E-state index in [1.165, 1.54) is 6.42 Å². The smallest absolute Gasteiger partial charge is 0.223 e. The first-order valence-electron chi connectivity index (χ1n) is 7.28. The number of rotatable bonds is 4. The van der Waals surface area contributed by atoms with Crippen LogP contribution in [0.2, 0.25) is 5.02 Å². The molecule has 1 aromatic rings. The van der Waals surface area contributed by atoms with E-state index in [1.54, 1.807) is 11.8 Å². The van der Waals surface area contributed by atoms with Gasteiger partial charge in [-0.05, 0) is 45.2 Å². The molecule has 4 heteroatoms. The maximum Gasteiger partial charge on any atom is 0.223 e. The van der Waals surface area contributed by atoms with Gasteiger partial charge in [0.1, 0.15) is 0 Å². The molecule has 2 nitrogen and oxygen atoms in total. The number of likely N-dealkylation sites (tertiary alicyclic amines) is 1. The Kier molecular flexibility index (Phi) is 5.79. The van der Waals surface area contributed by atoms with Crippen molar-refractivity contribution in [3.8, 4) is 0 Å². The fourth-order valence-electron chi connectivity index (χ4n) is 2.85. The van der Waals surface area contributed by atoms with Gasteiger partial charge in [-0.15, -0.1) is 11.8 Å². The minimum absolute atomic E-state index is 0.282. The molecule has 0 bridgehead atoms. The molecular formula is C16H22ClNOS. The molecule has 0 aromatic heterocycles. The average Bonchev–Trinajstić information content (AvgIpc) is 2.41. The van der Waals surface area contributed by atoms with E-state index >= 15 is 0 Å². The van der Waals surface area contributed by atoms with Crippen LogP contribution in [0.5, 0.6) is 0 Å². The van der Waals surface area contributed by atoms with Gasteiger partial charge < -0.3 is 4.90 Å². The summed E-state index contributed by atoms with van der Waals surface area (Å²) in [6, 6.07) is 8.57. The third kappa shape index (κ3) is 3.92. The monoisotopic (exact) mass is 311 g/mol. The van der Waals surface area contributed by atoms with Crippen LogP contribution in [0.4, 0.5) is 0 Å². The molecule has 0 spiro atoms. The van der Waals surface area contributed by atoms with Gasteiger partial charge >= 0.3 is 0 Å². The normalized spacial score (nSPS) is 22.9. The van der Waals surface area contributed by atoms with Crippen molar-refractivity contribution in [2.75, 3.05) is 5.75 Å². The van der Waals surface area contributed by atoms with Crippen molar-refractivity contribution < 1.29 is 4.79 Å². The number of thioether (sulfide) groups is 1. The highest BCUT2D eigenvalue weighted by molar-refractivity contribution is 7.99. The second-order valence-electron chi connectivity index (χ2n) is 5.46. The fraction of sp³-hybridized carbons (Fsp3) is 0.562. The van der Waals surface area contributed by atoms with Crippen molar-refractivity contribution >= 4 is 29.3 Å². The number of nitrogens with zero attached hydrogens (tertiary/aromatic N) is 1. The first kappa shape index (κ1) is 15.7. The van der Waals surface area contributed by atoms with Crippen LogP contribution in [0.3, 0.4) is 0 Å². The van der Waals surface area contributed by atoms with Crippen LogP contribution in [-0.2, 0) is 4.79 Å². The Labute approximate surface area is 130 Å². The Hall–Kier alpha value is -0.670. The lowest BCUT2D eigenvalue weighted by molar-refractivity contribution is -0.136. The lowest BCUT2D eigenvalue weighted by Crippen LogP contribution is -2.47. The van der Waals surface area contributed by atoms with Crippen LogP contribution in [-0.4, -0.2) is 28.6 Å². The molecule has 2 atom stereocenters. The molecular weight excluding hydrogens is 290 g/mol. The van der Waals surface area contributed by atoms with Crippen molar-refractivity contribution in [3.63, 3.8) is 0 Å². The molecule has 20 heavy (non-hydrogen) atoms. The second-order valence-corrected chi connectivity index (χ2v) is 7.00. The topological polar surface area (TPSA) is 20.3 Å². The van der Waals surface area contributed by atoms with Crippen molar-refractivity contribution in [1.29, 1.82) is 0 Å². The Bertz CT molecular complexity index is 456. The van der Waals surface area contributed by atoms with E-state index in [9.17, 15) is 4.79 Å². The SMILES string of the molecule is CC1CCCC(C)N1C(=O)CCSc1ccccc1Cl. The lowest BCUT2D eigenvalue weighted by Gasteiger charge is -2.39. The number of halogens is 1. The van der Waals surface area contributed by atoms with Gasteiger partial charge in [0.05, 0.1) is 5.02 Å². The molecule has 1 aromatic carbocycles. The van der Waals surface area contributed by atoms with Crippen molar-refractivity contribution in [1.82, 2.24) is 4.90 Å². The highest BCUT2D eigenvalue weighted by atomic mass is 35.5. The Morgan fingerprint density at radius 1 is 1.30 bits per heavy atom. The van der Waals surface area contributed by atoms with Crippen LogP contribution in [0, 0.1) is 0 Å². The Balaban J connectivity index is 1.84. The number of hydrogen-bond acceptors (Lipinski definition) is 2. The second kappa shape index (κ2) is 7.37. The summed E-state index contributed by atoms with van der Waals surface area (Å²) in [5.74, 6) is 1.07. The molecule has 1 aliphatic heterocycles. The van der Waals surface area contributed by atoms with Gasteiger partial charge in [0.25, 0.3) is 0 Å². The minimum atomic E-state index is 0.282. The maximum atomic E-state index is 12.4. The van der Waals surface area contributed by atoms with Gasteiger partial charge in [0.2, 0.25) is 5.91 Å². The standard InChI is InChI=1S/C16H22ClNOS/c1-12-6-5-7-13(2)18(12)16(19)10-11-20-15-9-4-3-8-14(15)17/h3-4,8-9,12-13H,5-7,10-11H2,1-2H3. The third-order valence-electron chi connectivity index (χ3n) is 3.89. The zero-order valence-corrected chi connectivity index (χ0v) is 13.7. The highest BCUT2D eigenvalue weighted by Crippen LogP contribution is 2.28. The van der Waals surface area contributed by atoms with Crippen molar-refractivity contribution in [3.05, 3.63) is 29.3 Å². The molecule has 1 fully saturated rings. The van der Waals surface area contributed by atoms with E-state index in [-0.39, 0.29) is 5.91 Å². The number of carbonyl (C=O) groups excluding carboxylic acids is 1. The van der Waals surface area contributed by atoms with Crippen LogP contribution >= 0.6 is 23.4 Å². The van der Waals surface area contributed by atoms with E-state index < -0.39 is 0 Å². The van der Waals surface area contributed by atoms with Gasteiger partial charge in [-0.2, -0.15) is 0 Å². The summed E-state index contributed by atoms with van der Waals surface area (Å²) >= 11 is 7.78. The van der Waals surface area contributed by atoms with E-state index in [0.717, 1.165) is 28.5 Å². The predicted molar refractivity (Wildman–Crippen MR) is 86.4 cm³/mol. The van der Waals surface area contributed by atoms with Crippen molar-refractivity contribution in [2.45, 2.75) is 56.5 Å². The zero-order valence-electron chi connectivity index (χ0n) is 12.1. The average molecular weight is 312 g/mol. The first-order valence-corrected chi connectivity index (χ1v) is 8.64. The zero-order chi connectivity index (χ0) is 14.5. The number of amides is 1. The predicted octanol–water partition coefficient (Wildman–Crippen LogP) is 4.61. The summed E-state index contributed by atoms with van der Waals surface area (Å²) in [7, 11) is 0. The van der Waals surface area contributed by atoms with Crippen LogP contribution in [0.1, 0.15) is 39.5 Å². The van der Waals surface area contributed by atoms with Gasteiger partial charge in [0, 0.05) is 29.2 Å². The summed E-state index contributed by atoms with van der Waals surface area (Å²) in [6.45, 7) is 4.32. The van der Waals surface area contributed by atoms with Crippen LogP contribution in [0.15, 0.2) is 29.2 Å². The number of benzene rings is 1. The minimum Gasteiger partial charge on any atom is -0.337 e. The van der Waals surface area contributed by atoms with E-state index in [0.29, 0.717) is 18.5 Å². The number of hydrogen-bond donors (Lipinski definition) is 0. The van der Waals surface area contributed by atoms with E-state index in [1.807, 2.05) is 24.3 Å². The van der Waals surface area contributed by atoms with Crippen LogP contribution in [0.25, 0.3) is 0 Å². The van der Waals surface area contributed by atoms with Crippen LogP contribution < -0.4 is 0 Å². The maximum absolute atomic E-state index is 12.4. The number of piperidine rings is 1. The molecule has 2 rings (SSSR count). The quantitative estimate of drug-likeness (QED) is 0.757. The van der Waals surface area contributed by atoms with E-state index in [4.69, 9.17) is 11.6 Å². The third-order valence-corrected chi connectivity index (χ3v) is 5.41. The van der Waals surface area contributed by atoms with Gasteiger partial charge in [-0.1, -0.05) is 23.7 Å². The summed E-state index contributed by atoms with van der Waals surface area (Å²) in [6.07, 6.45) is 4.09. The summed E-state index contributed by atoms with van der Waals surface area (Å²) in [4.78, 5) is 15.5. The fourth-order valence-corrected chi connectivity index (χ4v) is 4.03. The largest absolute Gasteiger partial charge is 0.337 e. The highest BCUT2D eigenvalue weighted by Gasteiger charge is 2.28. The molecule has 110 valence electrons. The molecule has 2 unspecified atom stereocenters. The summed E-state index contributed by atoms with van der Waals surface area (Å²) < 4.78 is 0. The Morgan fingerprint density at radius 3 is 2.60 bits per heavy atom. The lowest BCUT2D eigenvalue weighted by atomic mass is 9.97. The molecule has 0 aliphatic carbocycles. The molecule has 0 radical (unpaired) electrons. The molecule has 1 amide bonds. The molecule has 0 N–H and O–H groups in total. The molecule has 1 heterocycles. The van der Waals surface area contributed by atoms with Gasteiger partial charge in [-0.3, -0.25) is 4.79 Å². The molecule has 1 aliphatic rings. The van der Waals surface area contributed by atoms with E-state index in [2.05, 4.69) is 18.7 Å². The Morgan fingerprint density at radius 2 is 1.95 bits per heavy atom.